The van der Waals surface area contributed by atoms with E-state index < -0.39 is 25.3 Å². The highest BCUT2D eigenvalue weighted by molar-refractivity contribution is 6.47. The van der Waals surface area contributed by atoms with E-state index in [-0.39, 0.29) is 23.6 Å². The second-order valence-corrected chi connectivity index (χ2v) is 5.62. The van der Waals surface area contributed by atoms with E-state index in [1.165, 1.54) is 17.1 Å². The maximum atomic E-state index is 12.2. The van der Waals surface area contributed by atoms with Crippen LogP contribution in [-0.2, 0) is 13.0 Å². The van der Waals surface area contributed by atoms with E-state index in [9.17, 15) is 20.0 Å². The van der Waals surface area contributed by atoms with Crippen LogP contribution in [0.1, 0.15) is 28.0 Å². The molecule has 0 unspecified atom stereocenters. The van der Waals surface area contributed by atoms with Crippen LogP contribution in [0.3, 0.4) is 0 Å². The highest BCUT2D eigenvalue weighted by Crippen LogP contribution is 2.32. The van der Waals surface area contributed by atoms with Gasteiger partial charge in [-0.25, -0.2) is 4.98 Å². The molecule has 6 N–H and O–H groups in total. The van der Waals surface area contributed by atoms with E-state index in [2.05, 4.69) is 15.4 Å². The molecule has 10 nitrogen and oxygen atoms in total. The molecule has 0 radical (unpaired) electrons. The van der Waals surface area contributed by atoms with Crippen LogP contribution in [0.2, 0.25) is 0 Å². The second kappa shape index (κ2) is 7.19. The van der Waals surface area contributed by atoms with Crippen molar-refractivity contribution < 1.29 is 24.7 Å². The first-order chi connectivity index (χ1) is 12.0. The second-order valence-electron chi connectivity index (χ2n) is 5.62. The molecule has 1 aliphatic rings. The number of aromatic nitrogens is 3. The average molecular weight is 347 g/mol. The van der Waals surface area contributed by atoms with Gasteiger partial charge in [0.2, 0.25) is 5.82 Å². The van der Waals surface area contributed by atoms with Crippen LogP contribution in [0.15, 0.2) is 24.5 Å². The normalized spacial score (nSPS) is 16.5. The number of hydrogen-bond donors (Lipinski definition) is 5. The summed E-state index contributed by atoms with van der Waals surface area (Å²) < 4.78 is 6.83. The van der Waals surface area contributed by atoms with Gasteiger partial charge in [0.1, 0.15) is 12.1 Å². The first kappa shape index (κ1) is 17.4. The van der Waals surface area contributed by atoms with Crippen molar-refractivity contribution in [3.8, 4) is 5.75 Å². The molecule has 1 aromatic carbocycles. The molecule has 0 saturated heterocycles. The van der Waals surface area contributed by atoms with Crippen LogP contribution in [0.5, 0.6) is 5.75 Å². The number of nitrogens with zero attached hydrogens (tertiary/aromatic N) is 3. The largest absolute Gasteiger partial charge is 0.547 e. The van der Waals surface area contributed by atoms with Crippen LogP contribution in [0.25, 0.3) is 0 Å². The Morgan fingerprint density at radius 3 is 3.04 bits per heavy atom. The molecule has 0 saturated carbocycles. The Labute approximate surface area is 143 Å². The van der Waals surface area contributed by atoms with Crippen molar-refractivity contribution in [2.24, 2.45) is 5.73 Å². The van der Waals surface area contributed by atoms with Crippen LogP contribution < -0.4 is 15.7 Å². The van der Waals surface area contributed by atoms with Crippen molar-refractivity contribution in [3.05, 3.63) is 41.5 Å². The van der Waals surface area contributed by atoms with Crippen molar-refractivity contribution in [2.75, 3.05) is 6.54 Å². The van der Waals surface area contributed by atoms with E-state index in [0.717, 1.165) is 0 Å². The number of para-hydroxylation sites is 1. The van der Waals surface area contributed by atoms with Gasteiger partial charge in [0.25, 0.3) is 5.91 Å². The van der Waals surface area contributed by atoms with Crippen molar-refractivity contribution in [3.63, 3.8) is 0 Å². The standard InChI is InChI=1S/C14H18BN5O5/c16-4-5-20-7-17-12(19-20)13(21)18-10-6-8-2-1-3-9(14(22)23)11(8)25-15(10)24/h1-3,7,10,14,22-24H,4-6,16H2,(H,18,21)/t10-/m0/s1. The molecule has 3 rings (SSSR count). The third-order valence-corrected chi connectivity index (χ3v) is 3.84. The van der Waals surface area contributed by atoms with Gasteiger partial charge in [0.05, 0.1) is 12.5 Å². The maximum Gasteiger partial charge on any atom is 0.547 e. The highest BCUT2D eigenvalue weighted by atomic mass is 16.5. The number of rotatable bonds is 5. The molecule has 1 aromatic heterocycles. The molecule has 0 fully saturated rings. The van der Waals surface area contributed by atoms with Crippen LogP contribution in [0.4, 0.5) is 0 Å². The summed E-state index contributed by atoms with van der Waals surface area (Å²) in [5, 5.41) is 35.5. The van der Waals surface area contributed by atoms with E-state index in [0.29, 0.717) is 18.7 Å². The molecular weight excluding hydrogens is 329 g/mol. The summed E-state index contributed by atoms with van der Waals surface area (Å²) in [7, 11) is -1.34. The fourth-order valence-electron chi connectivity index (χ4n) is 2.65. The van der Waals surface area contributed by atoms with Crippen molar-refractivity contribution in [1.82, 2.24) is 20.1 Å². The number of carbonyl (C=O) groups is 1. The molecule has 2 heterocycles. The van der Waals surface area contributed by atoms with Gasteiger partial charge < -0.3 is 30.9 Å². The van der Waals surface area contributed by atoms with E-state index in [1.807, 2.05) is 0 Å². The first-order valence-corrected chi connectivity index (χ1v) is 7.72. The zero-order chi connectivity index (χ0) is 18.0. The van der Waals surface area contributed by atoms with Gasteiger partial charge in [0.15, 0.2) is 6.29 Å². The van der Waals surface area contributed by atoms with Gasteiger partial charge in [-0.15, -0.1) is 5.10 Å². The number of nitrogens with one attached hydrogen (secondary N) is 1. The number of amides is 1. The van der Waals surface area contributed by atoms with Gasteiger partial charge in [-0.1, -0.05) is 18.2 Å². The maximum absolute atomic E-state index is 12.2. The minimum atomic E-state index is -1.72. The molecule has 132 valence electrons. The molecule has 2 aromatic rings. The topological polar surface area (TPSA) is 156 Å². The minimum absolute atomic E-state index is 0.0361. The molecule has 1 amide bonds. The highest BCUT2D eigenvalue weighted by Gasteiger charge is 2.38. The quantitative estimate of drug-likeness (QED) is 0.306. The fourth-order valence-corrected chi connectivity index (χ4v) is 2.65. The van der Waals surface area contributed by atoms with Crippen molar-refractivity contribution in [1.29, 1.82) is 0 Å². The Morgan fingerprint density at radius 1 is 1.52 bits per heavy atom. The summed E-state index contributed by atoms with van der Waals surface area (Å²) in [6.45, 7) is 0.810. The number of carbonyl (C=O) groups excluding carboxylic acids is 1. The summed E-state index contributed by atoms with van der Waals surface area (Å²) in [4.78, 5) is 16.1. The van der Waals surface area contributed by atoms with Crippen LogP contribution in [-0.4, -0.2) is 55.5 Å². The third-order valence-electron chi connectivity index (χ3n) is 3.84. The Hall–Kier alpha value is -2.47. The molecule has 0 spiro atoms. The minimum Gasteiger partial charge on any atom is -0.534 e. The number of fused-ring (bicyclic) bond motifs is 1. The number of nitrogens with two attached hydrogens (primary N) is 1. The zero-order valence-electron chi connectivity index (χ0n) is 13.2. The predicted molar refractivity (Wildman–Crippen MR) is 86.3 cm³/mol. The van der Waals surface area contributed by atoms with Crippen molar-refractivity contribution in [2.45, 2.75) is 25.2 Å². The fraction of sp³-hybridized carbons (Fsp3) is 0.357. The van der Waals surface area contributed by atoms with Gasteiger partial charge in [-0.05, 0) is 12.0 Å². The van der Waals surface area contributed by atoms with Crippen LogP contribution in [0, 0.1) is 0 Å². The lowest BCUT2D eigenvalue weighted by atomic mass is 9.72. The summed E-state index contributed by atoms with van der Waals surface area (Å²) in [5.41, 5.74) is 6.22. The average Bonchev–Trinajstić information content (AvgIpc) is 3.04. The number of aliphatic hydroxyl groups is 2. The van der Waals surface area contributed by atoms with Gasteiger partial charge >= 0.3 is 7.12 Å². The Kier molecular flexibility index (Phi) is 4.99. The monoisotopic (exact) mass is 347 g/mol. The smallest absolute Gasteiger partial charge is 0.534 e. The third kappa shape index (κ3) is 3.64. The lowest BCUT2D eigenvalue weighted by Gasteiger charge is -2.29. The zero-order valence-corrected chi connectivity index (χ0v) is 13.2. The molecule has 11 heteroatoms. The molecule has 25 heavy (non-hydrogen) atoms. The summed E-state index contributed by atoms with van der Waals surface area (Å²) >= 11 is 0. The molecule has 0 aliphatic carbocycles. The molecular formula is C14H18BN5O5. The first-order valence-electron chi connectivity index (χ1n) is 7.72. The summed E-state index contributed by atoms with van der Waals surface area (Å²) in [6.07, 6.45) is -0.0597. The SMILES string of the molecule is NCCn1cnc(C(=O)N[C@H]2Cc3cccc(C(O)O)c3OB2O)n1. The van der Waals surface area contributed by atoms with E-state index in [4.69, 9.17) is 10.4 Å². The predicted octanol–water partition coefficient (Wildman–Crippen LogP) is -2.03. The molecule has 1 atom stereocenters. The van der Waals surface area contributed by atoms with Gasteiger partial charge in [-0.2, -0.15) is 0 Å². The van der Waals surface area contributed by atoms with Gasteiger partial charge in [0, 0.05) is 12.1 Å². The van der Waals surface area contributed by atoms with Gasteiger partial charge in [-0.3, -0.25) is 9.48 Å². The molecule has 1 aliphatic heterocycles. The Morgan fingerprint density at radius 2 is 2.32 bits per heavy atom. The summed E-state index contributed by atoms with van der Waals surface area (Å²) in [6, 6.07) is 4.85. The number of aliphatic hydroxyl groups excluding tert-OH is 1. The van der Waals surface area contributed by atoms with Crippen molar-refractivity contribution >= 4 is 13.0 Å². The van der Waals surface area contributed by atoms with E-state index >= 15 is 0 Å². The number of hydrogen-bond acceptors (Lipinski definition) is 8. The van der Waals surface area contributed by atoms with Crippen LogP contribution >= 0.6 is 0 Å². The number of benzene rings is 1. The lowest BCUT2D eigenvalue weighted by molar-refractivity contribution is -0.0436. The Balaban J connectivity index is 1.73. The Bertz CT molecular complexity index is 768. The lowest BCUT2D eigenvalue weighted by Crippen LogP contribution is -2.53. The summed E-state index contributed by atoms with van der Waals surface area (Å²) in [5.74, 6) is -1.11. The molecule has 0 bridgehead atoms. The van der Waals surface area contributed by atoms with E-state index in [1.54, 1.807) is 12.1 Å².